The van der Waals surface area contributed by atoms with Crippen molar-refractivity contribution >= 4 is 11.7 Å². The van der Waals surface area contributed by atoms with Gasteiger partial charge in [0.05, 0.1) is 11.2 Å². The number of likely N-dealkylation sites (N-methyl/N-ethyl adjacent to an activating group) is 1. The molecule has 5 heteroatoms. The van der Waals surface area contributed by atoms with Crippen molar-refractivity contribution in [3.05, 3.63) is 29.3 Å². The second kappa shape index (κ2) is 5.81. The molecule has 1 fully saturated rings. The van der Waals surface area contributed by atoms with Gasteiger partial charge in [0.25, 0.3) is 0 Å². The molecule has 0 spiro atoms. The first kappa shape index (κ1) is 14.8. The average molecular weight is 279 g/mol. The number of aryl methyl sites for hydroxylation is 1. The molecule has 0 aliphatic carbocycles. The molecule has 2 N–H and O–H groups in total. The summed E-state index contributed by atoms with van der Waals surface area (Å²) >= 11 is 0. The number of aliphatic hydroxyl groups is 1. The maximum atomic E-state index is 11.0. The molecule has 1 aromatic carbocycles. The van der Waals surface area contributed by atoms with Gasteiger partial charge in [-0.25, -0.2) is 4.79 Å². The van der Waals surface area contributed by atoms with Gasteiger partial charge in [-0.15, -0.1) is 0 Å². The number of hydrogen-bond donors (Lipinski definition) is 2. The van der Waals surface area contributed by atoms with Crippen molar-refractivity contribution in [1.29, 1.82) is 0 Å². The second-order valence-electron chi connectivity index (χ2n) is 5.50. The van der Waals surface area contributed by atoms with Crippen molar-refractivity contribution in [3.8, 4) is 0 Å². The Morgan fingerprint density at radius 1 is 1.40 bits per heavy atom. The summed E-state index contributed by atoms with van der Waals surface area (Å²) in [4.78, 5) is 13.0. The van der Waals surface area contributed by atoms with Crippen LogP contribution in [0.5, 0.6) is 0 Å². The van der Waals surface area contributed by atoms with E-state index in [4.69, 9.17) is 9.84 Å². The number of carboxylic acids is 1. The minimum absolute atomic E-state index is 0.312. The lowest BCUT2D eigenvalue weighted by Crippen LogP contribution is -2.45. The quantitative estimate of drug-likeness (QED) is 0.877. The van der Waals surface area contributed by atoms with E-state index in [9.17, 15) is 9.90 Å². The fourth-order valence-corrected chi connectivity index (χ4v) is 2.57. The van der Waals surface area contributed by atoms with E-state index in [1.54, 1.807) is 19.1 Å². The zero-order valence-electron chi connectivity index (χ0n) is 11.9. The Hall–Kier alpha value is -1.59. The highest BCUT2D eigenvalue weighted by atomic mass is 16.5. The fraction of sp³-hybridized carbons (Fsp3) is 0.533. The van der Waals surface area contributed by atoms with Crippen molar-refractivity contribution in [3.63, 3.8) is 0 Å². The summed E-state index contributed by atoms with van der Waals surface area (Å²) in [5.74, 6) is -0.917. The van der Waals surface area contributed by atoms with Gasteiger partial charge in [0.1, 0.15) is 0 Å². The normalized spacial score (nSPS) is 17.8. The Balaban J connectivity index is 2.11. The molecule has 2 rings (SSSR count). The van der Waals surface area contributed by atoms with Gasteiger partial charge >= 0.3 is 5.97 Å². The third kappa shape index (κ3) is 3.29. The van der Waals surface area contributed by atoms with Gasteiger partial charge in [0, 0.05) is 45.3 Å². The summed E-state index contributed by atoms with van der Waals surface area (Å²) in [6, 6.07) is 5.23. The van der Waals surface area contributed by atoms with E-state index in [2.05, 4.69) is 0 Å². The lowest BCUT2D eigenvalue weighted by molar-refractivity contribution is -0.0572. The molecule has 20 heavy (non-hydrogen) atoms. The van der Waals surface area contributed by atoms with Crippen LogP contribution < -0.4 is 4.90 Å². The molecule has 1 aromatic rings. The minimum Gasteiger partial charge on any atom is -0.478 e. The van der Waals surface area contributed by atoms with Gasteiger partial charge in [0.2, 0.25) is 0 Å². The van der Waals surface area contributed by atoms with Gasteiger partial charge in [-0.1, -0.05) is 0 Å². The molecule has 1 aliphatic heterocycles. The van der Waals surface area contributed by atoms with Gasteiger partial charge < -0.3 is 19.8 Å². The van der Waals surface area contributed by atoms with E-state index >= 15 is 0 Å². The number of carboxylic acid groups (broad SMARTS) is 1. The van der Waals surface area contributed by atoms with Gasteiger partial charge in [-0.05, 0) is 30.7 Å². The molecule has 5 nitrogen and oxygen atoms in total. The zero-order chi connectivity index (χ0) is 14.8. The van der Waals surface area contributed by atoms with Crippen molar-refractivity contribution < 1.29 is 19.7 Å². The maximum absolute atomic E-state index is 11.0. The molecule has 0 bridgehead atoms. The Labute approximate surface area is 118 Å². The highest BCUT2D eigenvalue weighted by Crippen LogP contribution is 2.25. The minimum atomic E-state index is -0.917. The predicted octanol–water partition coefficient (Wildman–Crippen LogP) is 1.67. The summed E-state index contributed by atoms with van der Waals surface area (Å²) in [5, 5.41) is 19.5. The number of anilines is 1. The second-order valence-corrected chi connectivity index (χ2v) is 5.50. The zero-order valence-corrected chi connectivity index (χ0v) is 11.9. The fourth-order valence-electron chi connectivity index (χ4n) is 2.57. The predicted molar refractivity (Wildman–Crippen MR) is 76.4 cm³/mol. The number of carbonyl (C=O) groups is 1. The van der Waals surface area contributed by atoms with Crippen LogP contribution in [0.25, 0.3) is 0 Å². The van der Waals surface area contributed by atoms with Crippen molar-refractivity contribution in [2.24, 2.45) is 0 Å². The van der Waals surface area contributed by atoms with E-state index < -0.39 is 11.6 Å². The first-order valence-corrected chi connectivity index (χ1v) is 6.76. The summed E-state index contributed by atoms with van der Waals surface area (Å²) in [5.41, 5.74) is 1.21. The Morgan fingerprint density at radius 3 is 2.60 bits per heavy atom. The van der Waals surface area contributed by atoms with E-state index in [1.807, 2.05) is 18.0 Å². The van der Waals surface area contributed by atoms with Gasteiger partial charge in [0.15, 0.2) is 0 Å². The van der Waals surface area contributed by atoms with E-state index in [0.29, 0.717) is 38.2 Å². The van der Waals surface area contributed by atoms with Crippen LogP contribution in [-0.2, 0) is 4.74 Å². The third-order valence-electron chi connectivity index (χ3n) is 3.84. The third-order valence-corrected chi connectivity index (χ3v) is 3.84. The van der Waals surface area contributed by atoms with Crippen LogP contribution >= 0.6 is 0 Å². The molecule has 110 valence electrons. The summed E-state index contributed by atoms with van der Waals surface area (Å²) < 4.78 is 5.27. The molecular weight excluding hydrogens is 258 g/mol. The van der Waals surface area contributed by atoms with Crippen LogP contribution in [0.1, 0.15) is 28.8 Å². The molecule has 0 amide bonds. The number of hydrogen-bond acceptors (Lipinski definition) is 4. The Kier molecular flexibility index (Phi) is 4.30. The first-order chi connectivity index (χ1) is 9.41. The Bertz CT molecular complexity index is 495. The van der Waals surface area contributed by atoms with Crippen LogP contribution in [-0.4, -0.2) is 48.6 Å². The standard InChI is InChI=1S/C15H21NO4/c1-11-9-12(3-4-13(11)14(17)18)16(2)10-15(19)5-7-20-8-6-15/h3-4,9,19H,5-8,10H2,1-2H3,(H,17,18). The lowest BCUT2D eigenvalue weighted by atomic mass is 9.93. The molecule has 0 atom stereocenters. The molecule has 1 aliphatic rings. The summed E-state index contributed by atoms with van der Waals surface area (Å²) in [6.45, 7) is 3.47. The smallest absolute Gasteiger partial charge is 0.335 e. The molecule has 1 saturated heterocycles. The number of benzene rings is 1. The molecule has 0 saturated carbocycles. The van der Waals surface area contributed by atoms with Crippen LogP contribution in [0.2, 0.25) is 0 Å². The highest BCUT2D eigenvalue weighted by molar-refractivity contribution is 5.89. The number of ether oxygens (including phenoxy) is 1. The van der Waals surface area contributed by atoms with Crippen LogP contribution in [0.3, 0.4) is 0 Å². The molecule has 1 heterocycles. The van der Waals surface area contributed by atoms with Gasteiger partial charge in [-0.3, -0.25) is 0 Å². The van der Waals surface area contributed by atoms with Gasteiger partial charge in [-0.2, -0.15) is 0 Å². The number of aromatic carboxylic acids is 1. The monoisotopic (exact) mass is 279 g/mol. The maximum Gasteiger partial charge on any atom is 0.335 e. The summed E-state index contributed by atoms with van der Waals surface area (Å²) in [6.07, 6.45) is 1.26. The molecular formula is C15H21NO4. The van der Waals surface area contributed by atoms with E-state index in [1.165, 1.54) is 0 Å². The van der Waals surface area contributed by atoms with Crippen LogP contribution in [0.15, 0.2) is 18.2 Å². The number of rotatable bonds is 4. The summed E-state index contributed by atoms with van der Waals surface area (Å²) in [7, 11) is 1.91. The molecule has 0 aromatic heterocycles. The van der Waals surface area contributed by atoms with Crippen molar-refractivity contribution in [2.45, 2.75) is 25.4 Å². The number of nitrogens with zero attached hydrogens (tertiary/aromatic N) is 1. The van der Waals surface area contributed by atoms with Crippen molar-refractivity contribution in [2.75, 3.05) is 31.7 Å². The van der Waals surface area contributed by atoms with E-state index in [-0.39, 0.29) is 0 Å². The highest BCUT2D eigenvalue weighted by Gasteiger charge is 2.31. The first-order valence-electron chi connectivity index (χ1n) is 6.76. The SMILES string of the molecule is Cc1cc(N(C)CC2(O)CCOCC2)ccc1C(=O)O. The lowest BCUT2D eigenvalue weighted by Gasteiger charge is -2.36. The van der Waals surface area contributed by atoms with Crippen LogP contribution in [0.4, 0.5) is 5.69 Å². The van der Waals surface area contributed by atoms with Crippen LogP contribution in [0, 0.1) is 6.92 Å². The average Bonchev–Trinajstić information content (AvgIpc) is 2.38. The Morgan fingerprint density at radius 2 is 2.05 bits per heavy atom. The topological polar surface area (TPSA) is 70.0 Å². The molecule has 0 unspecified atom stereocenters. The molecule has 0 radical (unpaired) electrons. The van der Waals surface area contributed by atoms with Crippen molar-refractivity contribution in [1.82, 2.24) is 0 Å². The van der Waals surface area contributed by atoms with E-state index in [0.717, 1.165) is 11.3 Å². The largest absolute Gasteiger partial charge is 0.478 e.